The number of anilines is 1. The second kappa shape index (κ2) is 7.23. The Bertz CT molecular complexity index is 599. The first-order valence-corrected chi connectivity index (χ1v) is 6.76. The van der Waals surface area contributed by atoms with Gasteiger partial charge < -0.3 is 10.1 Å². The Morgan fingerprint density at radius 2 is 2.00 bits per heavy atom. The monoisotopic (exact) mass is 287 g/mol. The van der Waals surface area contributed by atoms with Crippen LogP contribution in [0.2, 0.25) is 0 Å². The third-order valence-corrected chi connectivity index (χ3v) is 2.80. The number of nitro groups is 1. The molecule has 0 saturated heterocycles. The van der Waals surface area contributed by atoms with Crippen LogP contribution in [-0.2, 0) is 6.61 Å². The number of non-ortho nitro benzene ring substituents is 1. The summed E-state index contributed by atoms with van der Waals surface area (Å²) in [7, 11) is 0. The minimum Gasteiger partial charge on any atom is -0.487 e. The van der Waals surface area contributed by atoms with Gasteiger partial charge in [0.2, 0.25) is 0 Å². The standard InChI is InChI=1S/C15H17N3O3/c1-2-10-16-15-5-3-4-12(17-15)11-21-14-8-6-13(7-9-14)18(19)20/h3-9H,2,10-11H2,1H3,(H,16,17). The Morgan fingerprint density at radius 1 is 1.24 bits per heavy atom. The van der Waals surface area contributed by atoms with E-state index in [0.29, 0.717) is 12.4 Å². The highest BCUT2D eigenvalue weighted by atomic mass is 16.6. The van der Waals surface area contributed by atoms with E-state index >= 15 is 0 Å². The molecule has 0 bridgehead atoms. The number of ether oxygens (including phenoxy) is 1. The van der Waals surface area contributed by atoms with E-state index in [-0.39, 0.29) is 5.69 Å². The van der Waals surface area contributed by atoms with E-state index in [1.807, 2.05) is 18.2 Å². The molecule has 6 heteroatoms. The number of aromatic nitrogens is 1. The molecule has 0 unspecified atom stereocenters. The van der Waals surface area contributed by atoms with Crippen molar-refractivity contribution in [2.75, 3.05) is 11.9 Å². The average Bonchev–Trinajstić information content (AvgIpc) is 2.52. The first-order valence-electron chi connectivity index (χ1n) is 6.76. The third kappa shape index (κ3) is 4.45. The third-order valence-electron chi connectivity index (χ3n) is 2.80. The van der Waals surface area contributed by atoms with E-state index in [2.05, 4.69) is 17.2 Å². The maximum absolute atomic E-state index is 10.6. The van der Waals surface area contributed by atoms with Gasteiger partial charge in [-0.3, -0.25) is 10.1 Å². The number of hydrogen-bond acceptors (Lipinski definition) is 5. The van der Waals surface area contributed by atoms with Gasteiger partial charge in [0.25, 0.3) is 5.69 Å². The van der Waals surface area contributed by atoms with Crippen LogP contribution >= 0.6 is 0 Å². The van der Waals surface area contributed by atoms with Gasteiger partial charge in [-0.05, 0) is 30.7 Å². The predicted octanol–water partition coefficient (Wildman–Crippen LogP) is 3.39. The molecular formula is C15H17N3O3. The van der Waals surface area contributed by atoms with Crippen molar-refractivity contribution in [3.63, 3.8) is 0 Å². The average molecular weight is 287 g/mol. The molecule has 6 nitrogen and oxygen atoms in total. The molecule has 0 aliphatic carbocycles. The lowest BCUT2D eigenvalue weighted by Crippen LogP contribution is -2.04. The molecule has 1 heterocycles. The largest absolute Gasteiger partial charge is 0.487 e. The SMILES string of the molecule is CCCNc1cccc(COc2ccc([N+](=O)[O-])cc2)n1. The zero-order valence-corrected chi connectivity index (χ0v) is 11.8. The number of hydrogen-bond donors (Lipinski definition) is 1. The lowest BCUT2D eigenvalue weighted by Gasteiger charge is -2.08. The fourth-order valence-corrected chi connectivity index (χ4v) is 1.73. The van der Waals surface area contributed by atoms with Crippen molar-refractivity contribution < 1.29 is 9.66 Å². The zero-order valence-electron chi connectivity index (χ0n) is 11.8. The van der Waals surface area contributed by atoms with Gasteiger partial charge in [-0.2, -0.15) is 0 Å². The quantitative estimate of drug-likeness (QED) is 0.624. The second-order valence-electron chi connectivity index (χ2n) is 4.48. The van der Waals surface area contributed by atoms with Gasteiger partial charge in [-0.15, -0.1) is 0 Å². The number of nitrogens with one attached hydrogen (secondary N) is 1. The van der Waals surface area contributed by atoms with Crippen molar-refractivity contribution in [1.82, 2.24) is 4.98 Å². The lowest BCUT2D eigenvalue weighted by atomic mass is 10.3. The van der Waals surface area contributed by atoms with Crippen LogP contribution in [0.1, 0.15) is 19.0 Å². The van der Waals surface area contributed by atoms with Crippen molar-refractivity contribution >= 4 is 11.5 Å². The van der Waals surface area contributed by atoms with Crippen LogP contribution in [0.3, 0.4) is 0 Å². The lowest BCUT2D eigenvalue weighted by molar-refractivity contribution is -0.384. The normalized spacial score (nSPS) is 10.1. The Morgan fingerprint density at radius 3 is 2.67 bits per heavy atom. The van der Waals surface area contributed by atoms with Gasteiger partial charge in [0.1, 0.15) is 18.2 Å². The molecule has 1 aromatic heterocycles. The first kappa shape index (κ1) is 14.8. The van der Waals surface area contributed by atoms with Gasteiger partial charge >= 0.3 is 0 Å². The summed E-state index contributed by atoms with van der Waals surface area (Å²) in [5.41, 5.74) is 0.848. The van der Waals surface area contributed by atoms with Crippen LogP contribution in [0.25, 0.3) is 0 Å². The summed E-state index contributed by atoms with van der Waals surface area (Å²) in [4.78, 5) is 14.6. The topological polar surface area (TPSA) is 77.3 Å². The number of rotatable bonds is 7. The van der Waals surface area contributed by atoms with Crippen LogP contribution in [0.15, 0.2) is 42.5 Å². The minimum atomic E-state index is -0.436. The molecule has 0 amide bonds. The summed E-state index contributed by atoms with van der Waals surface area (Å²) in [6.07, 6.45) is 1.03. The van der Waals surface area contributed by atoms with E-state index < -0.39 is 4.92 Å². The summed E-state index contributed by atoms with van der Waals surface area (Å²) in [5.74, 6) is 1.40. The summed E-state index contributed by atoms with van der Waals surface area (Å²) in [6.45, 7) is 3.29. The van der Waals surface area contributed by atoms with Crippen molar-refractivity contribution in [2.24, 2.45) is 0 Å². The highest BCUT2D eigenvalue weighted by Gasteiger charge is 2.05. The first-order chi connectivity index (χ1) is 10.2. The molecule has 0 spiro atoms. The molecule has 0 saturated carbocycles. The number of pyridine rings is 1. The molecule has 0 radical (unpaired) electrons. The van der Waals surface area contributed by atoms with Crippen molar-refractivity contribution in [1.29, 1.82) is 0 Å². The Balaban J connectivity index is 1.94. The maximum Gasteiger partial charge on any atom is 0.269 e. The van der Waals surface area contributed by atoms with Crippen LogP contribution in [0.5, 0.6) is 5.75 Å². The molecule has 0 atom stereocenters. The molecule has 2 aromatic rings. The minimum absolute atomic E-state index is 0.0474. The smallest absolute Gasteiger partial charge is 0.269 e. The van der Waals surface area contributed by atoms with Crippen molar-refractivity contribution in [3.8, 4) is 5.75 Å². The Kier molecular flexibility index (Phi) is 5.09. The Labute approximate surface area is 122 Å². The fraction of sp³-hybridized carbons (Fsp3) is 0.267. The van der Waals surface area contributed by atoms with Gasteiger partial charge in [0, 0.05) is 18.7 Å². The fourth-order valence-electron chi connectivity index (χ4n) is 1.73. The molecule has 1 N–H and O–H groups in total. The summed E-state index contributed by atoms with van der Waals surface area (Å²) < 4.78 is 5.57. The highest BCUT2D eigenvalue weighted by Crippen LogP contribution is 2.18. The van der Waals surface area contributed by atoms with Crippen LogP contribution in [0.4, 0.5) is 11.5 Å². The summed E-state index contributed by atoms with van der Waals surface area (Å²) in [6, 6.07) is 11.7. The number of nitrogens with zero attached hydrogens (tertiary/aromatic N) is 2. The summed E-state index contributed by atoms with van der Waals surface area (Å²) >= 11 is 0. The highest BCUT2D eigenvalue weighted by molar-refractivity contribution is 5.37. The van der Waals surface area contributed by atoms with E-state index in [1.165, 1.54) is 12.1 Å². The van der Waals surface area contributed by atoms with Crippen molar-refractivity contribution in [2.45, 2.75) is 20.0 Å². The van der Waals surface area contributed by atoms with Gasteiger partial charge in [-0.1, -0.05) is 13.0 Å². The van der Waals surface area contributed by atoms with E-state index in [9.17, 15) is 10.1 Å². The van der Waals surface area contributed by atoms with E-state index in [4.69, 9.17) is 4.74 Å². The second-order valence-corrected chi connectivity index (χ2v) is 4.48. The van der Waals surface area contributed by atoms with Crippen LogP contribution in [-0.4, -0.2) is 16.5 Å². The molecule has 1 aromatic carbocycles. The van der Waals surface area contributed by atoms with E-state index in [1.54, 1.807) is 12.1 Å². The maximum atomic E-state index is 10.6. The number of nitro benzene ring substituents is 1. The zero-order chi connectivity index (χ0) is 15.1. The van der Waals surface area contributed by atoms with Crippen molar-refractivity contribution in [3.05, 3.63) is 58.3 Å². The molecular weight excluding hydrogens is 270 g/mol. The molecule has 21 heavy (non-hydrogen) atoms. The van der Waals surface area contributed by atoms with Gasteiger partial charge in [-0.25, -0.2) is 4.98 Å². The molecule has 2 rings (SSSR count). The molecule has 110 valence electrons. The van der Waals surface area contributed by atoms with E-state index in [0.717, 1.165) is 24.5 Å². The van der Waals surface area contributed by atoms with Gasteiger partial charge in [0.05, 0.1) is 10.6 Å². The Hall–Kier alpha value is -2.63. The van der Waals surface area contributed by atoms with Crippen LogP contribution in [0, 0.1) is 10.1 Å². The predicted molar refractivity (Wildman–Crippen MR) is 80.4 cm³/mol. The molecule has 0 aliphatic heterocycles. The summed E-state index contributed by atoms with van der Waals surface area (Å²) in [5, 5.41) is 13.8. The molecule has 0 fully saturated rings. The van der Waals surface area contributed by atoms with Crippen LogP contribution < -0.4 is 10.1 Å². The number of benzene rings is 1. The molecule has 0 aliphatic rings. The van der Waals surface area contributed by atoms with Gasteiger partial charge in [0.15, 0.2) is 0 Å².